The van der Waals surface area contributed by atoms with Crippen LogP contribution in [0.3, 0.4) is 0 Å². The summed E-state index contributed by atoms with van der Waals surface area (Å²) in [6.07, 6.45) is 0. The van der Waals surface area contributed by atoms with Crippen molar-refractivity contribution >= 4 is 27.3 Å². The highest BCUT2D eigenvalue weighted by atomic mass is 32.2. The maximum atomic E-state index is 12.6. The van der Waals surface area contributed by atoms with E-state index in [4.69, 9.17) is 4.74 Å². The van der Waals surface area contributed by atoms with Crippen LogP contribution in [0.4, 0.5) is 0 Å². The highest BCUT2D eigenvalue weighted by molar-refractivity contribution is 7.89. The van der Waals surface area contributed by atoms with E-state index in [9.17, 15) is 18.3 Å². The highest BCUT2D eigenvalue weighted by Gasteiger charge is 2.36. The number of morpholine rings is 1. The summed E-state index contributed by atoms with van der Waals surface area (Å²) in [5.74, 6) is -0.688. The average Bonchev–Trinajstić information content (AvgIpc) is 2.96. The number of thiophene rings is 1. The molecule has 1 unspecified atom stereocenters. The van der Waals surface area contributed by atoms with Gasteiger partial charge in [-0.25, -0.2) is 13.2 Å². The lowest BCUT2D eigenvalue weighted by Gasteiger charge is -2.33. The largest absolute Gasteiger partial charge is 0.465 e. The van der Waals surface area contributed by atoms with Crippen LogP contribution in [0.25, 0.3) is 0 Å². The SMILES string of the molecule is COC(=O)c1sccc1S(=O)(=O)N1CCOCC1CO. The minimum Gasteiger partial charge on any atom is -0.465 e. The molecule has 1 aliphatic rings. The molecule has 1 fully saturated rings. The van der Waals surface area contributed by atoms with Gasteiger partial charge in [-0.2, -0.15) is 4.31 Å². The molecular formula is C11H15NO6S2. The number of hydrogen-bond donors (Lipinski definition) is 1. The van der Waals surface area contributed by atoms with Crippen molar-refractivity contribution in [1.29, 1.82) is 0 Å². The van der Waals surface area contributed by atoms with Crippen LogP contribution in [0.15, 0.2) is 16.3 Å². The van der Waals surface area contributed by atoms with Gasteiger partial charge < -0.3 is 14.6 Å². The first-order valence-electron chi connectivity index (χ1n) is 5.88. The van der Waals surface area contributed by atoms with Gasteiger partial charge in [-0.3, -0.25) is 0 Å². The van der Waals surface area contributed by atoms with Crippen LogP contribution in [0, 0.1) is 0 Å². The highest BCUT2D eigenvalue weighted by Crippen LogP contribution is 2.28. The zero-order valence-corrected chi connectivity index (χ0v) is 12.4. The molecule has 2 rings (SSSR count). The van der Waals surface area contributed by atoms with Crippen LogP contribution in [-0.4, -0.2) is 63.3 Å². The summed E-state index contributed by atoms with van der Waals surface area (Å²) in [6, 6.07) is 0.732. The summed E-state index contributed by atoms with van der Waals surface area (Å²) in [5.41, 5.74) is 0. The summed E-state index contributed by atoms with van der Waals surface area (Å²) in [5, 5.41) is 10.8. The van der Waals surface area contributed by atoms with Crippen molar-refractivity contribution in [2.75, 3.05) is 33.5 Å². The molecule has 0 aliphatic carbocycles. The number of aliphatic hydroxyl groups is 1. The maximum absolute atomic E-state index is 12.6. The Labute approximate surface area is 120 Å². The first kappa shape index (κ1) is 15.4. The Morgan fingerprint density at radius 3 is 3.05 bits per heavy atom. The van der Waals surface area contributed by atoms with Gasteiger partial charge in [-0.1, -0.05) is 0 Å². The van der Waals surface area contributed by atoms with Gasteiger partial charge in [0.05, 0.1) is 33.0 Å². The van der Waals surface area contributed by atoms with Crippen LogP contribution in [0.5, 0.6) is 0 Å². The van der Waals surface area contributed by atoms with Gasteiger partial charge in [0.1, 0.15) is 9.77 Å². The van der Waals surface area contributed by atoms with E-state index < -0.39 is 22.0 Å². The molecule has 1 aromatic heterocycles. The Morgan fingerprint density at radius 2 is 2.40 bits per heavy atom. The summed E-state index contributed by atoms with van der Waals surface area (Å²) in [7, 11) is -2.66. The Balaban J connectivity index is 2.39. The zero-order valence-electron chi connectivity index (χ0n) is 10.8. The van der Waals surface area contributed by atoms with Crippen molar-refractivity contribution < 1.29 is 27.8 Å². The van der Waals surface area contributed by atoms with Crippen LogP contribution in [-0.2, 0) is 19.5 Å². The van der Waals surface area contributed by atoms with Crippen LogP contribution >= 0.6 is 11.3 Å². The van der Waals surface area contributed by atoms with E-state index in [1.807, 2.05) is 0 Å². The van der Waals surface area contributed by atoms with E-state index in [-0.39, 0.29) is 36.1 Å². The lowest BCUT2D eigenvalue weighted by atomic mass is 10.3. The lowest BCUT2D eigenvalue weighted by molar-refractivity contribution is 0.0109. The molecule has 1 aromatic rings. The van der Waals surface area contributed by atoms with Gasteiger partial charge >= 0.3 is 5.97 Å². The van der Waals surface area contributed by atoms with Crippen LogP contribution < -0.4 is 0 Å². The van der Waals surface area contributed by atoms with Gasteiger partial charge in [0, 0.05) is 6.54 Å². The fraction of sp³-hybridized carbons (Fsp3) is 0.545. The molecule has 0 aromatic carbocycles. The minimum atomic E-state index is -3.86. The van der Waals surface area contributed by atoms with Gasteiger partial charge in [-0.05, 0) is 11.4 Å². The molecule has 1 N–H and O–H groups in total. The third kappa shape index (κ3) is 2.72. The van der Waals surface area contributed by atoms with E-state index >= 15 is 0 Å². The molecule has 1 aliphatic heterocycles. The number of sulfonamides is 1. The third-order valence-electron chi connectivity index (χ3n) is 2.97. The second-order valence-electron chi connectivity index (χ2n) is 4.13. The van der Waals surface area contributed by atoms with Gasteiger partial charge in [-0.15, -0.1) is 11.3 Å². The lowest BCUT2D eigenvalue weighted by Crippen LogP contribution is -2.50. The van der Waals surface area contributed by atoms with Crippen molar-refractivity contribution in [3.8, 4) is 0 Å². The van der Waals surface area contributed by atoms with Crippen LogP contribution in [0.1, 0.15) is 9.67 Å². The first-order chi connectivity index (χ1) is 9.52. The smallest absolute Gasteiger partial charge is 0.349 e. The summed E-state index contributed by atoms with van der Waals surface area (Å²) >= 11 is 1.01. The maximum Gasteiger partial charge on any atom is 0.349 e. The Morgan fingerprint density at radius 1 is 1.65 bits per heavy atom. The number of esters is 1. The summed E-state index contributed by atoms with van der Waals surface area (Å²) < 4.78 is 36.2. The van der Waals surface area contributed by atoms with Crippen molar-refractivity contribution in [2.24, 2.45) is 0 Å². The monoisotopic (exact) mass is 321 g/mol. The molecule has 0 radical (unpaired) electrons. The Hall–Kier alpha value is -1.00. The van der Waals surface area contributed by atoms with Gasteiger partial charge in [0.15, 0.2) is 0 Å². The van der Waals surface area contributed by atoms with Crippen molar-refractivity contribution in [2.45, 2.75) is 10.9 Å². The first-order valence-corrected chi connectivity index (χ1v) is 8.20. The van der Waals surface area contributed by atoms with E-state index in [2.05, 4.69) is 4.74 Å². The van der Waals surface area contributed by atoms with Crippen molar-refractivity contribution in [3.05, 3.63) is 16.3 Å². The number of methoxy groups -OCH3 is 1. The fourth-order valence-electron chi connectivity index (χ4n) is 1.97. The van der Waals surface area contributed by atoms with E-state index in [0.29, 0.717) is 0 Å². The standard InChI is InChI=1S/C11H15NO6S2/c1-17-11(14)10-9(2-5-19-10)20(15,16)12-3-4-18-7-8(12)6-13/h2,5,8,13H,3-4,6-7H2,1H3. The van der Waals surface area contributed by atoms with Crippen molar-refractivity contribution in [1.82, 2.24) is 4.31 Å². The molecule has 0 bridgehead atoms. The normalized spacial score (nSPS) is 20.8. The molecule has 1 saturated heterocycles. The zero-order chi connectivity index (χ0) is 14.8. The molecule has 7 nitrogen and oxygen atoms in total. The summed E-state index contributed by atoms with van der Waals surface area (Å²) in [6.45, 7) is 0.196. The molecule has 20 heavy (non-hydrogen) atoms. The molecular weight excluding hydrogens is 306 g/mol. The van der Waals surface area contributed by atoms with Crippen molar-refractivity contribution in [3.63, 3.8) is 0 Å². The molecule has 0 saturated carbocycles. The third-order valence-corrected chi connectivity index (χ3v) is 5.99. The predicted octanol–water partition coefficient (Wildman–Crippen LogP) is -0.0835. The molecule has 1 atom stereocenters. The number of carbonyl (C=O) groups is 1. The predicted molar refractivity (Wildman–Crippen MR) is 71.2 cm³/mol. The number of aliphatic hydroxyl groups excluding tert-OH is 1. The van der Waals surface area contributed by atoms with E-state index in [1.165, 1.54) is 22.9 Å². The number of hydrogen-bond acceptors (Lipinski definition) is 7. The van der Waals surface area contributed by atoms with E-state index in [0.717, 1.165) is 11.3 Å². The molecule has 0 amide bonds. The molecule has 9 heteroatoms. The topological polar surface area (TPSA) is 93.1 Å². The number of rotatable bonds is 4. The molecule has 2 heterocycles. The number of nitrogens with zero attached hydrogens (tertiary/aromatic N) is 1. The Bertz CT molecular complexity index is 581. The minimum absolute atomic E-state index is 0.0377. The van der Waals surface area contributed by atoms with E-state index in [1.54, 1.807) is 0 Å². The average molecular weight is 321 g/mol. The Kier molecular flexibility index (Phi) is 4.76. The van der Waals surface area contributed by atoms with Gasteiger partial charge in [0.2, 0.25) is 10.0 Å². The number of carbonyl (C=O) groups excluding carboxylic acids is 1. The molecule has 0 spiro atoms. The fourth-order valence-corrected chi connectivity index (χ4v) is 4.86. The second kappa shape index (κ2) is 6.19. The molecule has 112 valence electrons. The quantitative estimate of drug-likeness (QED) is 0.780. The van der Waals surface area contributed by atoms with Crippen LogP contribution in [0.2, 0.25) is 0 Å². The summed E-state index contributed by atoms with van der Waals surface area (Å²) in [4.78, 5) is 11.6. The second-order valence-corrected chi connectivity index (χ2v) is 6.91. The number of ether oxygens (including phenoxy) is 2. The van der Waals surface area contributed by atoms with Gasteiger partial charge in [0.25, 0.3) is 0 Å².